The molecule has 0 radical (unpaired) electrons. The van der Waals surface area contributed by atoms with Crippen LogP contribution >= 0.6 is 0 Å². The Kier molecular flexibility index (Phi) is 6.55. The van der Waals surface area contributed by atoms with Crippen LogP contribution in [0.1, 0.15) is 31.9 Å². The summed E-state index contributed by atoms with van der Waals surface area (Å²) in [5.74, 6) is -1.39. The minimum absolute atomic E-state index is 0.00995. The molecule has 0 saturated carbocycles. The van der Waals surface area contributed by atoms with Crippen LogP contribution in [-0.4, -0.2) is 31.7 Å². The lowest BCUT2D eigenvalue weighted by molar-refractivity contribution is -0.127. The molecule has 0 aliphatic carbocycles. The standard InChI is InChI=1S/C15H22N2O4S/c1-11(2)10-22(20,21)9-8-13(18)17-14(15(16)19)12-6-4-3-5-7-12/h3-7,11,14H,8-10H2,1-2H3,(H2,16,19)(H,17,18)/t14-/m1/s1. The molecular formula is C15H22N2O4S. The highest BCUT2D eigenvalue weighted by Crippen LogP contribution is 2.12. The Balaban J connectivity index is 2.64. The van der Waals surface area contributed by atoms with Gasteiger partial charge in [-0.15, -0.1) is 0 Å². The van der Waals surface area contributed by atoms with Gasteiger partial charge in [-0.25, -0.2) is 8.42 Å². The molecule has 22 heavy (non-hydrogen) atoms. The predicted octanol–water partition coefficient (Wildman–Crippen LogP) is 0.790. The second-order valence-electron chi connectivity index (χ2n) is 5.57. The second kappa shape index (κ2) is 7.93. The summed E-state index contributed by atoms with van der Waals surface area (Å²) in [5, 5.41) is 2.48. The van der Waals surface area contributed by atoms with E-state index in [-0.39, 0.29) is 23.8 Å². The van der Waals surface area contributed by atoms with E-state index in [0.717, 1.165) is 0 Å². The molecule has 0 spiro atoms. The van der Waals surface area contributed by atoms with Crippen molar-refractivity contribution in [3.63, 3.8) is 0 Å². The number of hydrogen-bond donors (Lipinski definition) is 2. The fourth-order valence-corrected chi connectivity index (χ4v) is 3.72. The van der Waals surface area contributed by atoms with Crippen molar-refractivity contribution in [1.29, 1.82) is 0 Å². The van der Waals surface area contributed by atoms with Crippen LogP contribution in [0.4, 0.5) is 0 Å². The van der Waals surface area contributed by atoms with Crippen LogP contribution in [0.25, 0.3) is 0 Å². The van der Waals surface area contributed by atoms with Gasteiger partial charge in [0.15, 0.2) is 9.84 Å². The Morgan fingerprint density at radius 3 is 2.27 bits per heavy atom. The maximum atomic E-state index is 11.9. The molecule has 122 valence electrons. The van der Waals surface area contributed by atoms with E-state index in [9.17, 15) is 18.0 Å². The summed E-state index contributed by atoms with van der Waals surface area (Å²) in [7, 11) is -3.27. The second-order valence-corrected chi connectivity index (χ2v) is 7.80. The Morgan fingerprint density at radius 1 is 1.18 bits per heavy atom. The van der Waals surface area contributed by atoms with Gasteiger partial charge in [0.1, 0.15) is 6.04 Å². The Labute approximate surface area is 131 Å². The van der Waals surface area contributed by atoms with Crippen LogP contribution in [0.15, 0.2) is 30.3 Å². The summed E-state index contributed by atoms with van der Waals surface area (Å²) < 4.78 is 23.5. The fourth-order valence-electron chi connectivity index (χ4n) is 2.04. The third-order valence-corrected chi connectivity index (χ3v) is 4.95. The molecule has 3 N–H and O–H groups in total. The van der Waals surface area contributed by atoms with Crippen molar-refractivity contribution < 1.29 is 18.0 Å². The molecule has 6 nitrogen and oxygen atoms in total. The van der Waals surface area contributed by atoms with Crippen molar-refractivity contribution in [3.05, 3.63) is 35.9 Å². The zero-order valence-electron chi connectivity index (χ0n) is 12.8. The SMILES string of the molecule is CC(C)CS(=O)(=O)CCC(=O)N[C@@H](C(N)=O)c1ccccc1. The van der Waals surface area contributed by atoms with E-state index < -0.39 is 27.7 Å². The number of hydrogen-bond acceptors (Lipinski definition) is 4. The lowest BCUT2D eigenvalue weighted by atomic mass is 10.1. The number of sulfone groups is 1. The van der Waals surface area contributed by atoms with Gasteiger partial charge >= 0.3 is 0 Å². The summed E-state index contributed by atoms with van der Waals surface area (Å²) in [5.41, 5.74) is 5.86. The van der Waals surface area contributed by atoms with E-state index >= 15 is 0 Å². The molecule has 1 atom stereocenters. The molecule has 1 aromatic carbocycles. The summed E-state index contributed by atoms with van der Waals surface area (Å²) in [4.78, 5) is 23.4. The first-order valence-corrected chi connectivity index (χ1v) is 8.87. The average Bonchev–Trinajstić information content (AvgIpc) is 2.42. The van der Waals surface area contributed by atoms with Gasteiger partial charge in [0.05, 0.1) is 11.5 Å². The number of carbonyl (C=O) groups excluding carboxylic acids is 2. The van der Waals surface area contributed by atoms with Crippen molar-refractivity contribution in [3.8, 4) is 0 Å². The molecule has 0 unspecified atom stereocenters. The summed E-state index contributed by atoms with van der Waals surface area (Å²) >= 11 is 0. The number of primary amides is 1. The predicted molar refractivity (Wildman–Crippen MR) is 84.6 cm³/mol. The van der Waals surface area contributed by atoms with Crippen LogP contribution in [-0.2, 0) is 19.4 Å². The molecule has 1 aromatic rings. The van der Waals surface area contributed by atoms with Crippen molar-refractivity contribution >= 4 is 21.7 Å². The van der Waals surface area contributed by atoms with Crippen LogP contribution in [0.2, 0.25) is 0 Å². The number of nitrogens with two attached hydrogens (primary N) is 1. The third-order valence-electron chi connectivity index (χ3n) is 2.95. The van der Waals surface area contributed by atoms with Gasteiger partial charge in [0.2, 0.25) is 11.8 Å². The largest absolute Gasteiger partial charge is 0.368 e. The van der Waals surface area contributed by atoms with E-state index in [2.05, 4.69) is 5.32 Å². The molecular weight excluding hydrogens is 304 g/mol. The van der Waals surface area contributed by atoms with Crippen LogP contribution in [0.5, 0.6) is 0 Å². The van der Waals surface area contributed by atoms with E-state index in [4.69, 9.17) is 5.73 Å². The van der Waals surface area contributed by atoms with Crippen LogP contribution in [0.3, 0.4) is 0 Å². The van der Waals surface area contributed by atoms with E-state index in [1.54, 1.807) is 44.2 Å². The number of amides is 2. The van der Waals surface area contributed by atoms with Crippen molar-refractivity contribution in [2.45, 2.75) is 26.3 Å². The van der Waals surface area contributed by atoms with Gasteiger partial charge in [-0.05, 0) is 11.5 Å². The molecule has 7 heteroatoms. The van der Waals surface area contributed by atoms with E-state index in [1.807, 2.05) is 0 Å². The van der Waals surface area contributed by atoms with Crippen molar-refractivity contribution in [1.82, 2.24) is 5.32 Å². The van der Waals surface area contributed by atoms with E-state index in [1.165, 1.54) is 0 Å². The highest BCUT2D eigenvalue weighted by molar-refractivity contribution is 7.91. The fraction of sp³-hybridized carbons (Fsp3) is 0.467. The van der Waals surface area contributed by atoms with Gasteiger partial charge < -0.3 is 11.1 Å². The first-order valence-electron chi connectivity index (χ1n) is 7.05. The quantitative estimate of drug-likeness (QED) is 0.736. The highest BCUT2D eigenvalue weighted by atomic mass is 32.2. The Bertz CT molecular complexity index is 612. The molecule has 0 aromatic heterocycles. The zero-order valence-corrected chi connectivity index (χ0v) is 13.6. The zero-order chi connectivity index (χ0) is 16.8. The average molecular weight is 326 g/mol. The first kappa shape index (κ1) is 18.2. The summed E-state index contributed by atoms with van der Waals surface area (Å²) in [6, 6.07) is 7.62. The molecule has 2 amide bonds. The van der Waals surface area contributed by atoms with Crippen LogP contribution < -0.4 is 11.1 Å². The third kappa shape index (κ3) is 6.26. The van der Waals surface area contributed by atoms with Crippen molar-refractivity contribution in [2.75, 3.05) is 11.5 Å². The maximum Gasteiger partial charge on any atom is 0.244 e. The monoisotopic (exact) mass is 326 g/mol. The van der Waals surface area contributed by atoms with Gasteiger partial charge in [-0.2, -0.15) is 0 Å². The van der Waals surface area contributed by atoms with Crippen LogP contribution in [0, 0.1) is 5.92 Å². The number of rotatable bonds is 8. The topological polar surface area (TPSA) is 106 Å². The first-order chi connectivity index (χ1) is 10.2. The Morgan fingerprint density at radius 2 is 1.77 bits per heavy atom. The van der Waals surface area contributed by atoms with E-state index in [0.29, 0.717) is 5.56 Å². The number of nitrogens with one attached hydrogen (secondary N) is 1. The molecule has 0 aliphatic rings. The lowest BCUT2D eigenvalue weighted by Gasteiger charge is -2.16. The van der Waals surface area contributed by atoms with Gasteiger partial charge in [0, 0.05) is 6.42 Å². The molecule has 0 fully saturated rings. The smallest absolute Gasteiger partial charge is 0.244 e. The van der Waals surface area contributed by atoms with Crippen molar-refractivity contribution in [2.24, 2.45) is 11.7 Å². The van der Waals surface area contributed by atoms with Gasteiger partial charge in [-0.3, -0.25) is 9.59 Å². The lowest BCUT2D eigenvalue weighted by Crippen LogP contribution is -2.38. The molecule has 0 aliphatic heterocycles. The number of carbonyl (C=O) groups is 2. The summed E-state index contributed by atoms with van der Waals surface area (Å²) in [6.45, 7) is 3.60. The normalized spacial score (nSPS) is 12.9. The summed E-state index contributed by atoms with van der Waals surface area (Å²) in [6.07, 6.45) is -0.189. The molecule has 0 saturated heterocycles. The Hall–Kier alpha value is -1.89. The maximum absolute atomic E-state index is 11.9. The highest BCUT2D eigenvalue weighted by Gasteiger charge is 2.21. The molecule has 1 rings (SSSR count). The number of benzene rings is 1. The molecule has 0 heterocycles. The minimum Gasteiger partial charge on any atom is -0.368 e. The van der Waals surface area contributed by atoms with Gasteiger partial charge in [0.25, 0.3) is 0 Å². The molecule has 0 bridgehead atoms. The van der Waals surface area contributed by atoms with Gasteiger partial charge in [-0.1, -0.05) is 44.2 Å². The minimum atomic E-state index is -3.27.